The Morgan fingerprint density at radius 1 is 1.67 bits per heavy atom. The monoisotopic (exact) mass is 255 g/mol. The molecule has 0 spiro atoms. The molecule has 1 heterocycles. The normalized spacial score (nSPS) is 12.8. The van der Waals surface area contributed by atoms with Gasteiger partial charge in [0.2, 0.25) is 5.95 Å². The van der Waals surface area contributed by atoms with E-state index in [1.165, 1.54) is 0 Å². The van der Waals surface area contributed by atoms with Gasteiger partial charge >= 0.3 is 0 Å². The molecule has 0 amide bonds. The molecule has 0 bridgehead atoms. The van der Waals surface area contributed by atoms with Gasteiger partial charge in [-0.15, -0.1) is 0 Å². The Balaban J connectivity index is 3.46. The van der Waals surface area contributed by atoms with Gasteiger partial charge in [-0.1, -0.05) is 0 Å². The van der Waals surface area contributed by atoms with Gasteiger partial charge in [-0.25, -0.2) is 4.98 Å². The van der Waals surface area contributed by atoms with Gasteiger partial charge in [-0.2, -0.15) is 4.39 Å². The van der Waals surface area contributed by atoms with E-state index in [1.54, 1.807) is 0 Å². The molecule has 1 nitrogen and oxygen atoms in total. The predicted molar refractivity (Wildman–Crippen MR) is 39.6 cm³/mol. The average Bonchev–Trinajstić information content (AvgIpc) is 1.97. The van der Waals surface area contributed by atoms with E-state index in [1.807, 2.05) is 0 Å². The lowest BCUT2D eigenvalue weighted by Crippen LogP contribution is -1.81. The molecule has 48 valence electrons. The van der Waals surface area contributed by atoms with Crippen molar-refractivity contribution in [1.82, 2.24) is 4.98 Å². The first-order valence-corrected chi connectivity index (χ1v) is 3.60. The van der Waals surface area contributed by atoms with Crippen LogP contribution in [-0.4, -0.2) is 4.98 Å². The standard InChI is InChI=1S/C5H2Br2FN/c6-3-1-4(7)5(8)9-2-3/h1-2H/i1D,2D. The van der Waals surface area contributed by atoms with Crippen molar-refractivity contribution in [2.75, 3.05) is 0 Å². The van der Waals surface area contributed by atoms with Crippen molar-refractivity contribution in [2.45, 2.75) is 0 Å². The highest BCUT2D eigenvalue weighted by Crippen LogP contribution is 2.17. The Kier molecular flexibility index (Phi) is 1.46. The molecule has 1 rings (SSSR count). The first-order valence-electron chi connectivity index (χ1n) is 3.01. The fourth-order valence-corrected chi connectivity index (χ4v) is 1.16. The van der Waals surface area contributed by atoms with Crippen LogP contribution in [0.4, 0.5) is 4.39 Å². The fraction of sp³-hybridized carbons (Fsp3) is 0. The van der Waals surface area contributed by atoms with Crippen LogP contribution in [-0.2, 0) is 0 Å². The van der Waals surface area contributed by atoms with Crippen LogP contribution in [0.25, 0.3) is 0 Å². The molecule has 0 radical (unpaired) electrons. The van der Waals surface area contributed by atoms with Crippen molar-refractivity contribution in [3.63, 3.8) is 0 Å². The van der Waals surface area contributed by atoms with Crippen molar-refractivity contribution < 1.29 is 7.13 Å². The Morgan fingerprint density at radius 3 is 3.00 bits per heavy atom. The second-order valence-corrected chi connectivity index (χ2v) is 2.85. The quantitative estimate of drug-likeness (QED) is 0.651. The number of hydrogen-bond donors (Lipinski definition) is 0. The van der Waals surface area contributed by atoms with Crippen LogP contribution in [0.3, 0.4) is 0 Å². The summed E-state index contributed by atoms with van der Waals surface area (Å²) in [5, 5.41) is 0. The Bertz CT molecular complexity index is 279. The summed E-state index contributed by atoms with van der Waals surface area (Å²) in [6.45, 7) is 0. The van der Waals surface area contributed by atoms with Crippen molar-refractivity contribution in [3.8, 4) is 0 Å². The third kappa shape index (κ3) is 1.72. The van der Waals surface area contributed by atoms with Crippen LogP contribution in [0.2, 0.25) is 0 Å². The third-order valence-corrected chi connectivity index (χ3v) is 1.55. The summed E-state index contributed by atoms with van der Waals surface area (Å²) in [6.07, 6.45) is -0.268. The average molecular weight is 257 g/mol. The van der Waals surface area contributed by atoms with E-state index in [0.717, 1.165) is 0 Å². The van der Waals surface area contributed by atoms with E-state index in [-0.39, 0.29) is 21.2 Å². The van der Waals surface area contributed by atoms with Crippen LogP contribution in [0.1, 0.15) is 2.74 Å². The number of halogens is 3. The molecule has 0 unspecified atom stereocenters. The van der Waals surface area contributed by atoms with Crippen molar-refractivity contribution in [2.24, 2.45) is 0 Å². The van der Waals surface area contributed by atoms with Crippen LogP contribution in [0, 0.1) is 5.95 Å². The van der Waals surface area contributed by atoms with Crippen LogP contribution in [0.5, 0.6) is 0 Å². The van der Waals surface area contributed by atoms with Gasteiger partial charge in [0.05, 0.1) is 7.21 Å². The van der Waals surface area contributed by atoms with E-state index in [4.69, 9.17) is 2.74 Å². The number of hydrogen-bond acceptors (Lipinski definition) is 1. The van der Waals surface area contributed by atoms with E-state index in [9.17, 15) is 4.39 Å². The van der Waals surface area contributed by atoms with Crippen LogP contribution >= 0.6 is 31.9 Å². The van der Waals surface area contributed by atoms with Crippen molar-refractivity contribution >= 4 is 31.9 Å². The molecule has 1 aromatic rings. The van der Waals surface area contributed by atoms with Crippen molar-refractivity contribution in [1.29, 1.82) is 0 Å². The molecule has 0 aromatic carbocycles. The minimum atomic E-state index is -0.830. The predicted octanol–water partition coefficient (Wildman–Crippen LogP) is 2.75. The van der Waals surface area contributed by atoms with Crippen molar-refractivity contribution in [3.05, 3.63) is 27.1 Å². The summed E-state index contributed by atoms with van der Waals surface area (Å²) in [5.74, 6) is -0.830. The fourth-order valence-electron chi connectivity index (χ4n) is 0.323. The number of rotatable bonds is 0. The lowest BCUT2D eigenvalue weighted by molar-refractivity contribution is 0.576. The molecule has 0 atom stereocenters. The second-order valence-electron chi connectivity index (χ2n) is 1.27. The Hall–Kier alpha value is 0.0400. The molecule has 0 aliphatic rings. The molecule has 0 saturated carbocycles. The lowest BCUT2D eigenvalue weighted by atomic mass is 10.5. The maximum atomic E-state index is 12.6. The zero-order valence-corrected chi connectivity index (χ0v) is 7.25. The van der Waals surface area contributed by atoms with Crippen LogP contribution < -0.4 is 0 Å². The Morgan fingerprint density at radius 2 is 2.33 bits per heavy atom. The minimum Gasteiger partial charge on any atom is -0.226 e. The zero-order chi connectivity index (χ0) is 8.59. The summed E-state index contributed by atoms with van der Waals surface area (Å²) in [5.41, 5.74) is 0. The molecule has 0 aliphatic heterocycles. The molecular weight excluding hydrogens is 253 g/mol. The molecule has 0 saturated heterocycles. The van der Waals surface area contributed by atoms with E-state index >= 15 is 0 Å². The first kappa shape index (κ1) is 4.79. The number of aromatic nitrogens is 1. The van der Waals surface area contributed by atoms with Gasteiger partial charge in [0.1, 0.15) is 0 Å². The third-order valence-electron chi connectivity index (χ3n) is 0.653. The molecule has 4 heteroatoms. The molecule has 9 heavy (non-hydrogen) atoms. The highest BCUT2D eigenvalue weighted by atomic mass is 79.9. The van der Waals surface area contributed by atoms with E-state index in [2.05, 4.69) is 36.8 Å². The number of nitrogens with zero attached hydrogens (tertiary/aromatic N) is 1. The highest BCUT2D eigenvalue weighted by Gasteiger charge is 1.97. The minimum absolute atomic E-state index is 0.0274. The van der Waals surface area contributed by atoms with E-state index < -0.39 is 5.95 Å². The summed E-state index contributed by atoms with van der Waals surface area (Å²) in [4.78, 5) is 3.22. The maximum Gasteiger partial charge on any atom is 0.227 e. The SMILES string of the molecule is [2H]c1nc(F)c(Br)c([2H])c1Br. The van der Waals surface area contributed by atoms with Gasteiger partial charge in [-0.3, -0.25) is 0 Å². The van der Waals surface area contributed by atoms with Gasteiger partial charge in [0.25, 0.3) is 0 Å². The van der Waals surface area contributed by atoms with E-state index in [0.29, 0.717) is 0 Å². The summed E-state index contributed by atoms with van der Waals surface area (Å²) in [6, 6.07) is -0.0949. The maximum absolute atomic E-state index is 12.6. The smallest absolute Gasteiger partial charge is 0.226 e. The summed E-state index contributed by atoms with van der Waals surface area (Å²) in [7, 11) is 0. The highest BCUT2D eigenvalue weighted by molar-refractivity contribution is 9.11. The van der Waals surface area contributed by atoms with Gasteiger partial charge in [-0.05, 0) is 37.9 Å². The first-order chi connectivity index (χ1) is 5.04. The van der Waals surface area contributed by atoms with Crippen LogP contribution in [0.15, 0.2) is 21.2 Å². The van der Waals surface area contributed by atoms with Gasteiger partial charge in [0, 0.05) is 10.6 Å². The van der Waals surface area contributed by atoms with Gasteiger partial charge in [0.15, 0.2) is 0 Å². The summed E-state index contributed by atoms with van der Waals surface area (Å²) < 4.78 is 27.1. The van der Waals surface area contributed by atoms with Gasteiger partial charge < -0.3 is 0 Å². The molecule has 0 aliphatic carbocycles. The number of pyridine rings is 1. The largest absolute Gasteiger partial charge is 0.227 e. The molecule has 0 fully saturated rings. The molecule has 0 N–H and O–H groups in total. The lowest BCUT2D eigenvalue weighted by Gasteiger charge is -1.91. The Labute approximate surface area is 71.4 Å². The second kappa shape index (κ2) is 2.75. The molecule has 1 aromatic heterocycles. The molecular formula is C5H2Br2FN. The zero-order valence-electron chi connectivity index (χ0n) is 6.08. The topological polar surface area (TPSA) is 12.9 Å². The summed E-state index contributed by atoms with van der Waals surface area (Å²) >= 11 is 5.76.